The molecule has 1 aliphatic heterocycles. The lowest BCUT2D eigenvalue weighted by Crippen LogP contribution is -2.53. The molecule has 28 heavy (non-hydrogen) atoms. The van der Waals surface area contributed by atoms with Gasteiger partial charge in [0, 0.05) is 13.1 Å². The van der Waals surface area contributed by atoms with Crippen LogP contribution in [0.5, 0.6) is 0 Å². The number of amides is 1. The van der Waals surface area contributed by atoms with Crippen molar-refractivity contribution in [3.63, 3.8) is 0 Å². The Bertz CT molecular complexity index is 665. The Morgan fingerprint density at radius 2 is 1.75 bits per heavy atom. The van der Waals surface area contributed by atoms with E-state index in [1.54, 1.807) is 44.9 Å². The largest absolute Gasteiger partial charge is 0.529 e. The van der Waals surface area contributed by atoms with Gasteiger partial charge in [-0.3, -0.25) is 0 Å². The lowest BCUT2D eigenvalue weighted by molar-refractivity contribution is -0.0986. The molecule has 0 unspecified atom stereocenters. The van der Waals surface area contributed by atoms with E-state index >= 15 is 0 Å². The van der Waals surface area contributed by atoms with Crippen LogP contribution in [0.3, 0.4) is 0 Å². The van der Waals surface area contributed by atoms with Crippen molar-refractivity contribution >= 4 is 18.9 Å². The highest BCUT2D eigenvalue weighted by Gasteiger charge is 2.40. The van der Waals surface area contributed by atoms with E-state index in [9.17, 15) is 14.9 Å². The number of furan rings is 1. The summed E-state index contributed by atoms with van der Waals surface area (Å²) < 4.78 is 16.6. The van der Waals surface area contributed by atoms with Crippen LogP contribution in [0.1, 0.15) is 72.8 Å². The van der Waals surface area contributed by atoms with Gasteiger partial charge in [0.2, 0.25) is 0 Å². The molecular weight excluding hydrogens is 361 g/mol. The van der Waals surface area contributed by atoms with Gasteiger partial charge < -0.3 is 28.8 Å². The number of hydrogen-bond acceptors (Lipinski definition) is 6. The molecular formula is C20H34BNO6. The second-order valence-corrected chi connectivity index (χ2v) is 9.56. The van der Waals surface area contributed by atoms with Gasteiger partial charge in [-0.1, -0.05) is 0 Å². The third-order valence-corrected chi connectivity index (χ3v) is 5.38. The van der Waals surface area contributed by atoms with Crippen LogP contribution in [-0.2, 0) is 9.39 Å². The van der Waals surface area contributed by atoms with E-state index in [1.807, 2.05) is 20.8 Å². The molecule has 0 aliphatic carbocycles. The van der Waals surface area contributed by atoms with Crippen molar-refractivity contribution in [2.24, 2.45) is 0 Å². The molecule has 158 valence electrons. The lowest BCUT2D eigenvalue weighted by Gasteiger charge is -2.38. The van der Waals surface area contributed by atoms with E-state index < -0.39 is 23.9 Å². The fourth-order valence-electron chi connectivity index (χ4n) is 2.92. The van der Waals surface area contributed by atoms with Gasteiger partial charge in [0.1, 0.15) is 11.3 Å². The molecule has 1 saturated heterocycles. The predicted octanol–water partition coefficient (Wildman–Crippen LogP) is 2.65. The van der Waals surface area contributed by atoms with Crippen molar-refractivity contribution in [2.75, 3.05) is 13.1 Å². The minimum atomic E-state index is -1.27. The first-order valence-corrected chi connectivity index (χ1v) is 9.84. The number of aliphatic hydroxyl groups is 1. The predicted molar refractivity (Wildman–Crippen MR) is 108 cm³/mol. The molecule has 0 atom stereocenters. The van der Waals surface area contributed by atoms with Gasteiger partial charge in [-0.15, -0.1) is 0 Å². The van der Waals surface area contributed by atoms with Crippen LogP contribution >= 0.6 is 0 Å². The monoisotopic (exact) mass is 395 g/mol. The molecule has 0 radical (unpaired) electrons. The Morgan fingerprint density at radius 1 is 1.18 bits per heavy atom. The standard InChI is InChI=1S/C20H34BNO6/c1-18(2,3)27-17(23)22-10-8-14(9-11-22)15-12-16(26-13-15)21(25)28-20(6,7)19(4,5)24/h12-14,24-25H,8-11H2,1-7H3. The molecule has 0 spiro atoms. The van der Waals surface area contributed by atoms with Crippen molar-refractivity contribution in [1.82, 2.24) is 4.90 Å². The Kier molecular flexibility index (Phi) is 6.58. The Hall–Kier alpha value is -1.51. The number of carbonyl (C=O) groups excluding carboxylic acids is 1. The number of nitrogens with zero attached hydrogens (tertiary/aromatic N) is 1. The summed E-state index contributed by atoms with van der Waals surface area (Å²) >= 11 is 0. The highest BCUT2D eigenvalue weighted by atomic mass is 16.6. The van der Waals surface area contributed by atoms with Crippen molar-refractivity contribution in [1.29, 1.82) is 0 Å². The molecule has 0 saturated carbocycles. The summed E-state index contributed by atoms with van der Waals surface area (Å²) in [6, 6.07) is 1.79. The first-order chi connectivity index (χ1) is 12.7. The summed E-state index contributed by atoms with van der Waals surface area (Å²) in [5.41, 5.74) is -1.30. The van der Waals surface area contributed by atoms with Crippen LogP contribution < -0.4 is 5.66 Å². The average Bonchev–Trinajstić information content (AvgIpc) is 3.02. The SMILES string of the molecule is CC(C)(C)OC(=O)N1CCC(c2coc(B(O)OC(C)(C)C(C)(C)O)c2)CC1. The van der Waals surface area contributed by atoms with Gasteiger partial charge in [-0.2, -0.15) is 0 Å². The van der Waals surface area contributed by atoms with Crippen LogP contribution in [0.4, 0.5) is 4.79 Å². The minimum Gasteiger partial charge on any atom is -0.473 e. The zero-order valence-electron chi connectivity index (χ0n) is 18.1. The van der Waals surface area contributed by atoms with Crippen molar-refractivity contribution in [3.8, 4) is 0 Å². The number of hydrogen-bond donors (Lipinski definition) is 2. The second-order valence-electron chi connectivity index (χ2n) is 9.56. The fraction of sp³-hybridized carbons (Fsp3) is 0.750. The first-order valence-electron chi connectivity index (χ1n) is 9.84. The Balaban J connectivity index is 1.94. The van der Waals surface area contributed by atoms with Crippen molar-refractivity contribution in [2.45, 2.75) is 84.0 Å². The molecule has 1 aromatic rings. The van der Waals surface area contributed by atoms with E-state index in [0.29, 0.717) is 18.7 Å². The van der Waals surface area contributed by atoms with Crippen LogP contribution in [0.25, 0.3) is 0 Å². The highest BCUT2D eigenvalue weighted by molar-refractivity contribution is 6.58. The van der Waals surface area contributed by atoms with Crippen LogP contribution in [0.2, 0.25) is 0 Å². The van der Waals surface area contributed by atoms with E-state index in [1.165, 1.54) is 0 Å². The average molecular weight is 395 g/mol. The summed E-state index contributed by atoms with van der Waals surface area (Å²) in [7, 11) is -1.27. The molecule has 1 aromatic heterocycles. The topological polar surface area (TPSA) is 92.4 Å². The molecule has 2 N–H and O–H groups in total. The molecule has 0 bridgehead atoms. The smallest absolute Gasteiger partial charge is 0.473 e. The van der Waals surface area contributed by atoms with E-state index in [0.717, 1.165) is 18.4 Å². The highest BCUT2D eigenvalue weighted by Crippen LogP contribution is 2.29. The molecule has 7 nitrogen and oxygen atoms in total. The van der Waals surface area contributed by atoms with Crippen LogP contribution in [0, 0.1) is 0 Å². The molecule has 1 aliphatic rings. The van der Waals surface area contributed by atoms with Gasteiger partial charge in [0.05, 0.1) is 17.5 Å². The summed E-state index contributed by atoms with van der Waals surface area (Å²) in [4.78, 5) is 13.9. The lowest BCUT2D eigenvalue weighted by atomic mass is 9.80. The maximum absolute atomic E-state index is 12.2. The Morgan fingerprint density at radius 3 is 2.25 bits per heavy atom. The van der Waals surface area contributed by atoms with Crippen LogP contribution in [-0.4, -0.2) is 58.1 Å². The number of likely N-dealkylation sites (tertiary alicyclic amines) is 1. The summed E-state index contributed by atoms with van der Waals surface area (Å²) in [5, 5.41) is 20.5. The van der Waals surface area contributed by atoms with Gasteiger partial charge in [-0.25, -0.2) is 4.79 Å². The number of piperidine rings is 1. The van der Waals surface area contributed by atoms with Gasteiger partial charge in [0.25, 0.3) is 0 Å². The van der Waals surface area contributed by atoms with Crippen LogP contribution in [0.15, 0.2) is 16.7 Å². The third kappa shape index (κ3) is 5.75. The van der Waals surface area contributed by atoms with E-state index in [-0.39, 0.29) is 12.0 Å². The fourth-order valence-corrected chi connectivity index (χ4v) is 2.92. The maximum atomic E-state index is 12.2. The molecule has 1 fully saturated rings. The molecule has 0 aromatic carbocycles. The van der Waals surface area contributed by atoms with Gasteiger partial charge >= 0.3 is 13.2 Å². The number of carbonyl (C=O) groups is 1. The quantitative estimate of drug-likeness (QED) is 0.745. The third-order valence-electron chi connectivity index (χ3n) is 5.38. The van der Waals surface area contributed by atoms with E-state index in [2.05, 4.69) is 0 Å². The van der Waals surface area contributed by atoms with Crippen molar-refractivity contribution in [3.05, 3.63) is 17.9 Å². The van der Waals surface area contributed by atoms with Gasteiger partial charge in [-0.05, 0) is 78.9 Å². The first kappa shape index (κ1) is 22.8. The second kappa shape index (κ2) is 8.09. The van der Waals surface area contributed by atoms with Crippen molar-refractivity contribution < 1.29 is 28.7 Å². The molecule has 2 heterocycles. The summed E-state index contributed by atoms with van der Waals surface area (Å²) in [6.45, 7) is 13.5. The Labute approximate surface area is 168 Å². The summed E-state index contributed by atoms with van der Waals surface area (Å²) in [5.74, 6) is 0.241. The van der Waals surface area contributed by atoms with Gasteiger partial charge in [0.15, 0.2) is 0 Å². The number of ether oxygens (including phenoxy) is 1. The van der Waals surface area contributed by atoms with E-state index in [4.69, 9.17) is 13.8 Å². The number of rotatable bonds is 5. The molecule has 8 heteroatoms. The zero-order chi connectivity index (χ0) is 21.3. The molecule has 2 rings (SSSR count). The maximum Gasteiger partial charge on any atom is 0.529 e. The summed E-state index contributed by atoms with van der Waals surface area (Å²) in [6.07, 6.45) is 2.94. The minimum absolute atomic E-state index is 0.241. The zero-order valence-corrected chi connectivity index (χ0v) is 18.1. The normalized spacial score (nSPS) is 17.0. The molecule has 1 amide bonds.